The van der Waals surface area contributed by atoms with Crippen LogP contribution in [0.15, 0.2) is 29.3 Å². The molecule has 2 rings (SSSR count). The molecule has 2 aromatic rings. The van der Waals surface area contributed by atoms with Crippen molar-refractivity contribution in [3.8, 4) is 28.5 Å². The number of nitrogens with one attached hydrogen (secondary N) is 1. The maximum absolute atomic E-state index is 11.6. The second kappa shape index (κ2) is 5.43. The van der Waals surface area contributed by atoms with Gasteiger partial charge in [0.05, 0.1) is 27.7 Å². The van der Waals surface area contributed by atoms with Crippen molar-refractivity contribution < 1.29 is 14.2 Å². The van der Waals surface area contributed by atoms with Crippen molar-refractivity contribution >= 4 is 0 Å². The molecular weight excluding hydrogens is 248 g/mol. The molecule has 1 aromatic carbocycles. The first-order chi connectivity index (χ1) is 9.21. The van der Waals surface area contributed by atoms with Crippen molar-refractivity contribution in [2.75, 3.05) is 21.3 Å². The van der Waals surface area contributed by atoms with Crippen molar-refractivity contribution in [3.05, 3.63) is 34.9 Å². The summed E-state index contributed by atoms with van der Waals surface area (Å²) < 4.78 is 15.5. The molecular formula is C13H14N2O4. The van der Waals surface area contributed by atoms with Crippen LogP contribution in [0.1, 0.15) is 0 Å². The summed E-state index contributed by atoms with van der Waals surface area (Å²) >= 11 is 0. The van der Waals surface area contributed by atoms with E-state index in [9.17, 15) is 4.79 Å². The third-order valence-corrected chi connectivity index (χ3v) is 2.67. The molecule has 0 radical (unpaired) electrons. The standard InChI is InChI=1S/C13H14N2O4/c1-17-9-5-4-8(6-10(9)18-2)11-12(19-3)13(16)15-7-14-11/h4-7H,1-3H3,(H,14,15,16). The number of ether oxygens (including phenoxy) is 3. The van der Waals surface area contributed by atoms with Crippen LogP contribution in [-0.4, -0.2) is 31.3 Å². The fourth-order valence-electron chi connectivity index (χ4n) is 1.77. The molecule has 0 saturated heterocycles. The molecule has 1 N–H and O–H groups in total. The minimum Gasteiger partial charge on any atom is -0.493 e. The highest BCUT2D eigenvalue weighted by Gasteiger charge is 2.13. The van der Waals surface area contributed by atoms with E-state index >= 15 is 0 Å². The number of nitrogens with zero attached hydrogens (tertiary/aromatic N) is 1. The zero-order valence-corrected chi connectivity index (χ0v) is 10.9. The minimum atomic E-state index is -0.331. The van der Waals surface area contributed by atoms with Gasteiger partial charge in [0.25, 0.3) is 5.56 Å². The molecule has 19 heavy (non-hydrogen) atoms. The second-order valence-corrected chi connectivity index (χ2v) is 3.68. The topological polar surface area (TPSA) is 73.4 Å². The lowest BCUT2D eigenvalue weighted by Gasteiger charge is -2.10. The number of benzene rings is 1. The molecule has 6 nitrogen and oxygen atoms in total. The molecule has 100 valence electrons. The highest BCUT2D eigenvalue weighted by molar-refractivity contribution is 5.68. The van der Waals surface area contributed by atoms with Gasteiger partial charge in [0.15, 0.2) is 11.5 Å². The van der Waals surface area contributed by atoms with E-state index in [0.29, 0.717) is 22.8 Å². The van der Waals surface area contributed by atoms with Crippen LogP contribution in [0.4, 0.5) is 0 Å². The molecule has 0 unspecified atom stereocenters. The highest BCUT2D eigenvalue weighted by atomic mass is 16.5. The van der Waals surface area contributed by atoms with E-state index in [2.05, 4.69) is 9.97 Å². The smallest absolute Gasteiger partial charge is 0.293 e. The third kappa shape index (κ3) is 2.37. The predicted octanol–water partition coefficient (Wildman–Crippen LogP) is 1.46. The van der Waals surface area contributed by atoms with E-state index < -0.39 is 0 Å². The van der Waals surface area contributed by atoms with Crippen molar-refractivity contribution in [1.82, 2.24) is 9.97 Å². The average molecular weight is 262 g/mol. The summed E-state index contributed by atoms with van der Waals surface area (Å²) in [6.07, 6.45) is 1.33. The summed E-state index contributed by atoms with van der Waals surface area (Å²) in [6, 6.07) is 5.27. The van der Waals surface area contributed by atoms with Crippen LogP contribution >= 0.6 is 0 Å². The SMILES string of the molecule is COc1ccc(-c2nc[nH]c(=O)c2OC)cc1OC. The lowest BCUT2D eigenvalue weighted by Crippen LogP contribution is -2.11. The van der Waals surface area contributed by atoms with E-state index in [-0.39, 0.29) is 11.3 Å². The normalized spacial score (nSPS) is 10.1. The van der Waals surface area contributed by atoms with Crippen LogP contribution in [0.5, 0.6) is 17.2 Å². The van der Waals surface area contributed by atoms with E-state index in [0.717, 1.165) is 0 Å². The highest BCUT2D eigenvalue weighted by Crippen LogP contribution is 2.33. The van der Waals surface area contributed by atoms with Gasteiger partial charge in [0.1, 0.15) is 5.69 Å². The number of methoxy groups -OCH3 is 3. The summed E-state index contributed by atoms with van der Waals surface area (Å²) in [4.78, 5) is 18.2. The monoisotopic (exact) mass is 262 g/mol. The molecule has 0 spiro atoms. The van der Waals surface area contributed by atoms with E-state index in [1.54, 1.807) is 32.4 Å². The molecule has 0 aliphatic carbocycles. The first-order valence-corrected chi connectivity index (χ1v) is 5.55. The molecule has 6 heteroatoms. The van der Waals surface area contributed by atoms with Crippen LogP contribution in [0.3, 0.4) is 0 Å². The van der Waals surface area contributed by atoms with Crippen LogP contribution in [0.25, 0.3) is 11.3 Å². The van der Waals surface area contributed by atoms with E-state index in [4.69, 9.17) is 14.2 Å². The summed E-state index contributed by atoms with van der Waals surface area (Å²) in [6.45, 7) is 0. The molecule has 1 heterocycles. The van der Waals surface area contributed by atoms with Crippen molar-refractivity contribution in [2.24, 2.45) is 0 Å². The Balaban J connectivity index is 2.59. The second-order valence-electron chi connectivity index (χ2n) is 3.68. The predicted molar refractivity (Wildman–Crippen MR) is 69.9 cm³/mol. The number of H-pyrrole nitrogens is 1. The number of rotatable bonds is 4. The van der Waals surface area contributed by atoms with Gasteiger partial charge in [0.2, 0.25) is 5.75 Å². The molecule has 0 saturated carbocycles. The molecule has 0 fully saturated rings. The Hall–Kier alpha value is -2.50. The molecule has 0 bridgehead atoms. The zero-order chi connectivity index (χ0) is 13.8. The lowest BCUT2D eigenvalue weighted by atomic mass is 10.1. The lowest BCUT2D eigenvalue weighted by molar-refractivity contribution is 0.355. The number of aromatic nitrogens is 2. The van der Waals surface area contributed by atoms with Gasteiger partial charge in [0, 0.05) is 5.56 Å². The zero-order valence-electron chi connectivity index (χ0n) is 10.9. The van der Waals surface area contributed by atoms with Crippen molar-refractivity contribution in [1.29, 1.82) is 0 Å². The summed E-state index contributed by atoms with van der Waals surface area (Å²) in [5, 5.41) is 0. The largest absolute Gasteiger partial charge is 0.493 e. The molecule has 1 aromatic heterocycles. The molecule has 0 aliphatic rings. The number of aromatic amines is 1. The van der Waals surface area contributed by atoms with Gasteiger partial charge in [-0.1, -0.05) is 0 Å². The summed E-state index contributed by atoms with van der Waals surface area (Å²) in [5.74, 6) is 1.33. The van der Waals surface area contributed by atoms with E-state index in [1.165, 1.54) is 13.4 Å². The number of hydrogen-bond acceptors (Lipinski definition) is 5. The first kappa shape index (κ1) is 12.9. The van der Waals surface area contributed by atoms with Gasteiger partial charge in [-0.25, -0.2) is 4.98 Å². The van der Waals surface area contributed by atoms with Crippen LogP contribution in [0.2, 0.25) is 0 Å². The average Bonchev–Trinajstić information content (AvgIpc) is 2.46. The Labute approximate surface area is 110 Å². The first-order valence-electron chi connectivity index (χ1n) is 5.55. The van der Waals surface area contributed by atoms with Crippen LogP contribution < -0.4 is 19.8 Å². The molecule has 0 atom stereocenters. The summed E-state index contributed by atoms with van der Waals surface area (Å²) in [7, 11) is 4.53. The van der Waals surface area contributed by atoms with Gasteiger partial charge in [-0.05, 0) is 18.2 Å². The van der Waals surface area contributed by atoms with Crippen LogP contribution in [-0.2, 0) is 0 Å². The third-order valence-electron chi connectivity index (χ3n) is 2.67. The molecule has 0 amide bonds. The Morgan fingerprint density at radius 1 is 1.05 bits per heavy atom. The van der Waals surface area contributed by atoms with Gasteiger partial charge in [-0.2, -0.15) is 0 Å². The van der Waals surface area contributed by atoms with Gasteiger partial charge < -0.3 is 19.2 Å². The quantitative estimate of drug-likeness (QED) is 0.903. The summed E-state index contributed by atoms with van der Waals surface area (Å²) in [5.41, 5.74) is 0.829. The molecule has 0 aliphatic heterocycles. The van der Waals surface area contributed by atoms with E-state index in [1.807, 2.05) is 0 Å². The van der Waals surface area contributed by atoms with Crippen molar-refractivity contribution in [3.63, 3.8) is 0 Å². The minimum absolute atomic E-state index is 0.162. The van der Waals surface area contributed by atoms with Gasteiger partial charge in [-0.3, -0.25) is 4.79 Å². The Morgan fingerprint density at radius 2 is 1.79 bits per heavy atom. The maximum atomic E-state index is 11.6. The fraction of sp³-hybridized carbons (Fsp3) is 0.231. The number of hydrogen-bond donors (Lipinski definition) is 1. The van der Waals surface area contributed by atoms with Crippen LogP contribution in [0, 0.1) is 0 Å². The Morgan fingerprint density at radius 3 is 2.42 bits per heavy atom. The fourth-order valence-corrected chi connectivity index (χ4v) is 1.77. The Kier molecular flexibility index (Phi) is 3.70. The Bertz CT molecular complexity index is 637. The van der Waals surface area contributed by atoms with Gasteiger partial charge >= 0.3 is 0 Å². The van der Waals surface area contributed by atoms with Crippen molar-refractivity contribution in [2.45, 2.75) is 0 Å². The maximum Gasteiger partial charge on any atom is 0.293 e. The van der Waals surface area contributed by atoms with Gasteiger partial charge in [-0.15, -0.1) is 0 Å².